The molecule has 1 aliphatic rings. The second kappa shape index (κ2) is 10.1. The summed E-state index contributed by atoms with van der Waals surface area (Å²) in [6, 6.07) is 12.4. The van der Waals surface area contributed by atoms with Gasteiger partial charge in [0.1, 0.15) is 17.6 Å². The number of nitrogens with one attached hydrogen (secondary N) is 1. The second-order valence-electron chi connectivity index (χ2n) is 8.08. The summed E-state index contributed by atoms with van der Waals surface area (Å²) < 4.78 is 7.38. The van der Waals surface area contributed by atoms with Crippen molar-refractivity contribution < 1.29 is 19.4 Å². The van der Waals surface area contributed by atoms with Gasteiger partial charge >= 0.3 is 6.09 Å². The number of hydrogen-bond acceptors (Lipinski definition) is 6. The van der Waals surface area contributed by atoms with Crippen LogP contribution in [0.3, 0.4) is 0 Å². The van der Waals surface area contributed by atoms with Crippen LogP contribution in [0.1, 0.15) is 35.2 Å². The molecule has 2 heterocycles. The van der Waals surface area contributed by atoms with E-state index in [1.165, 1.54) is 4.90 Å². The molecule has 1 aromatic heterocycles. The Balaban J connectivity index is 1.78. The van der Waals surface area contributed by atoms with Gasteiger partial charge in [-0.3, -0.25) is 14.4 Å². The van der Waals surface area contributed by atoms with Crippen molar-refractivity contribution in [3.8, 4) is 11.4 Å². The van der Waals surface area contributed by atoms with Crippen molar-refractivity contribution in [1.82, 2.24) is 25.0 Å². The molecule has 0 radical (unpaired) electrons. The van der Waals surface area contributed by atoms with Crippen molar-refractivity contribution in [2.45, 2.75) is 19.4 Å². The number of aliphatic imine (C=N–C) groups is 1. The van der Waals surface area contributed by atoms with E-state index in [1.807, 2.05) is 41.8 Å². The number of carbonyl (C=O) groups excluding carboxylic acids is 1. The third-order valence-corrected chi connectivity index (χ3v) is 6.02. The summed E-state index contributed by atoms with van der Waals surface area (Å²) in [6.07, 6.45) is -1.10. The molecule has 0 spiro atoms. The molecule has 1 aliphatic heterocycles. The van der Waals surface area contributed by atoms with Crippen LogP contribution in [0.2, 0.25) is 5.02 Å². The van der Waals surface area contributed by atoms with Crippen molar-refractivity contribution in [3.05, 3.63) is 70.3 Å². The summed E-state index contributed by atoms with van der Waals surface area (Å²) in [4.78, 5) is 30.3. The number of fused-ring (bicyclic) bond motifs is 3. The van der Waals surface area contributed by atoms with Crippen LogP contribution in [-0.2, 0) is 4.79 Å². The van der Waals surface area contributed by atoms with Crippen LogP contribution in [0.4, 0.5) is 4.79 Å². The highest BCUT2D eigenvalue weighted by atomic mass is 35.5. The van der Waals surface area contributed by atoms with Gasteiger partial charge < -0.3 is 20.1 Å². The molecule has 2 N–H and O–H groups in total. The maximum Gasteiger partial charge on any atom is 0.404 e. The standard InChI is InChI=1S/C24H25ClN6O4/c1-14-28-29-23-19(13-21(32)30(2)11-10-26-24(33)34)27-22(15-4-6-16(25)7-5-15)18-12-17(35-3)8-9-20(18)31(14)23/h4-9,12,19,26H,10-11,13H2,1-3H3,(H,33,34)/t19-/m0/s1. The van der Waals surface area contributed by atoms with E-state index in [4.69, 9.17) is 26.4 Å². The largest absolute Gasteiger partial charge is 0.497 e. The van der Waals surface area contributed by atoms with E-state index in [2.05, 4.69) is 15.5 Å². The molecule has 0 saturated heterocycles. The summed E-state index contributed by atoms with van der Waals surface area (Å²) in [6.45, 7) is 2.21. The van der Waals surface area contributed by atoms with Gasteiger partial charge in [0.25, 0.3) is 0 Å². The van der Waals surface area contributed by atoms with Gasteiger partial charge in [-0.2, -0.15) is 0 Å². The summed E-state index contributed by atoms with van der Waals surface area (Å²) >= 11 is 6.13. The topological polar surface area (TPSA) is 122 Å². The number of amides is 2. The van der Waals surface area contributed by atoms with E-state index in [0.29, 0.717) is 28.1 Å². The van der Waals surface area contributed by atoms with Gasteiger partial charge in [0.15, 0.2) is 5.82 Å². The monoisotopic (exact) mass is 496 g/mol. The first-order valence-electron chi connectivity index (χ1n) is 10.9. The lowest BCUT2D eigenvalue weighted by Gasteiger charge is -2.19. The molecular weight excluding hydrogens is 472 g/mol. The molecule has 0 bridgehead atoms. The Hall–Kier alpha value is -3.92. The van der Waals surface area contributed by atoms with Crippen molar-refractivity contribution in [3.63, 3.8) is 0 Å². The molecule has 0 aliphatic carbocycles. The molecule has 182 valence electrons. The molecule has 0 unspecified atom stereocenters. The zero-order chi connectivity index (χ0) is 25.1. The van der Waals surface area contributed by atoms with Crippen LogP contribution in [0, 0.1) is 6.92 Å². The number of likely N-dealkylation sites (N-methyl/N-ethyl adjacent to an activating group) is 1. The lowest BCUT2D eigenvalue weighted by atomic mass is 10.00. The first-order chi connectivity index (χ1) is 16.8. The van der Waals surface area contributed by atoms with E-state index >= 15 is 0 Å². The van der Waals surface area contributed by atoms with E-state index < -0.39 is 12.1 Å². The van der Waals surface area contributed by atoms with Gasteiger partial charge in [-0.25, -0.2) is 4.79 Å². The Bertz CT molecular complexity index is 1290. The van der Waals surface area contributed by atoms with Gasteiger partial charge in [-0.15, -0.1) is 10.2 Å². The van der Waals surface area contributed by atoms with Crippen LogP contribution >= 0.6 is 11.6 Å². The summed E-state index contributed by atoms with van der Waals surface area (Å²) in [5.74, 6) is 1.67. The van der Waals surface area contributed by atoms with Crippen LogP contribution in [-0.4, -0.2) is 69.7 Å². The molecule has 11 heteroatoms. The number of methoxy groups -OCH3 is 1. The highest BCUT2D eigenvalue weighted by molar-refractivity contribution is 6.30. The lowest BCUT2D eigenvalue weighted by Crippen LogP contribution is -2.36. The first-order valence-corrected chi connectivity index (χ1v) is 11.3. The molecule has 2 aromatic carbocycles. The van der Waals surface area contributed by atoms with Gasteiger partial charge in [-0.1, -0.05) is 23.7 Å². The minimum Gasteiger partial charge on any atom is -0.497 e. The molecule has 10 nitrogen and oxygen atoms in total. The minimum absolute atomic E-state index is 0.0317. The SMILES string of the molecule is COc1ccc2c(c1)C(c1ccc(Cl)cc1)=N[C@@H](CC(=O)N(C)CCNC(=O)O)c1nnc(C)n1-2. The number of ether oxygens (including phenoxy) is 1. The maximum absolute atomic E-state index is 13.1. The Kier molecular flexibility index (Phi) is 7.02. The number of rotatable bonds is 7. The number of aromatic nitrogens is 3. The fourth-order valence-electron chi connectivity index (χ4n) is 3.95. The third kappa shape index (κ3) is 5.12. The van der Waals surface area contributed by atoms with Crippen LogP contribution in [0.5, 0.6) is 5.75 Å². The number of halogens is 1. The van der Waals surface area contributed by atoms with Gasteiger partial charge in [0, 0.05) is 36.3 Å². The van der Waals surface area contributed by atoms with Crippen LogP contribution in [0.15, 0.2) is 47.5 Å². The molecule has 2 amide bonds. The van der Waals surface area contributed by atoms with Gasteiger partial charge in [0.2, 0.25) is 5.91 Å². The summed E-state index contributed by atoms with van der Waals surface area (Å²) in [7, 11) is 3.23. The summed E-state index contributed by atoms with van der Waals surface area (Å²) in [5, 5.41) is 20.3. The number of nitrogens with zero attached hydrogens (tertiary/aromatic N) is 5. The molecule has 35 heavy (non-hydrogen) atoms. The lowest BCUT2D eigenvalue weighted by molar-refractivity contribution is -0.130. The number of hydrogen-bond donors (Lipinski definition) is 2. The highest BCUT2D eigenvalue weighted by Crippen LogP contribution is 2.34. The van der Waals surface area contributed by atoms with Crippen molar-refractivity contribution in [2.75, 3.05) is 27.2 Å². The molecule has 0 saturated carbocycles. The van der Waals surface area contributed by atoms with Crippen molar-refractivity contribution in [2.24, 2.45) is 4.99 Å². The Morgan fingerprint density at radius 1 is 1.20 bits per heavy atom. The highest BCUT2D eigenvalue weighted by Gasteiger charge is 2.30. The molecule has 1 atom stereocenters. The van der Waals surface area contributed by atoms with Crippen molar-refractivity contribution in [1.29, 1.82) is 0 Å². The van der Waals surface area contributed by atoms with E-state index in [9.17, 15) is 9.59 Å². The zero-order valence-electron chi connectivity index (χ0n) is 19.5. The molecular formula is C24H25ClN6O4. The van der Waals surface area contributed by atoms with E-state index in [0.717, 1.165) is 16.8 Å². The fourth-order valence-corrected chi connectivity index (χ4v) is 4.08. The average molecular weight is 497 g/mol. The van der Waals surface area contributed by atoms with Gasteiger partial charge in [0.05, 0.1) is 24.9 Å². The molecule has 3 aromatic rings. The van der Waals surface area contributed by atoms with E-state index in [-0.39, 0.29) is 25.4 Å². The maximum atomic E-state index is 13.1. The third-order valence-electron chi connectivity index (χ3n) is 5.77. The average Bonchev–Trinajstić information content (AvgIpc) is 3.16. The minimum atomic E-state index is -1.14. The smallest absolute Gasteiger partial charge is 0.404 e. The first kappa shape index (κ1) is 24.2. The second-order valence-corrected chi connectivity index (χ2v) is 8.51. The van der Waals surface area contributed by atoms with Crippen molar-refractivity contribution >= 4 is 29.3 Å². The Morgan fingerprint density at radius 2 is 1.94 bits per heavy atom. The number of carboxylic acid groups (broad SMARTS) is 1. The molecule has 4 rings (SSSR count). The van der Waals surface area contributed by atoms with Crippen LogP contribution in [0.25, 0.3) is 5.69 Å². The Morgan fingerprint density at radius 3 is 2.63 bits per heavy atom. The Labute approximate surface area is 207 Å². The predicted octanol–water partition coefficient (Wildman–Crippen LogP) is 3.25. The van der Waals surface area contributed by atoms with Crippen LogP contribution < -0.4 is 10.1 Å². The molecule has 0 fully saturated rings. The quantitative estimate of drug-likeness (QED) is 0.517. The predicted molar refractivity (Wildman–Crippen MR) is 131 cm³/mol. The zero-order valence-corrected chi connectivity index (χ0v) is 20.3. The number of benzene rings is 2. The normalized spacial score (nSPS) is 14.3. The summed E-state index contributed by atoms with van der Waals surface area (Å²) in [5.41, 5.74) is 3.14. The van der Waals surface area contributed by atoms with E-state index in [1.54, 1.807) is 26.3 Å². The number of carbonyl (C=O) groups is 2. The number of aryl methyl sites for hydroxylation is 1. The van der Waals surface area contributed by atoms with Gasteiger partial charge in [-0.05, 0) is 37.3 Å². The fraction of sp³-hybridized carbons (Fsp3) is 0.292.